The number of rotatable bonds is 32. The van der Waals surface area contributed by atoms with E-state index in [2.05, 4.69) is 31.4 Å². The van der Waals surface area contributed by atoms with E-state index < -0.39 is 32.5 Å². The van der Waals surface area contributed by atoms with E-state index in [1.807, 2.05) is 6.08 Å². The van der Waals surface area contributed by atoms with Crippen LogP contribution < -0.4 is 0 Å². The number of hydrogen-bond acceptors (Lipinski definition) is 7. The predicted molar refractivity (Wildman–Crippen MR) is 184 cm³/mol. The van der Waals surface area contributed by atoms with Crippen molar-refractivity contribution in [1.29, 1.82) is 0 Å². The fourth-order valence-corrected chi connectivity index (χ4v) is 5.22. The van der Waals surface area contributed by atoms with E-state index in [-0.39, 0.29) is 25.2 Å². The Hall–Kier alpha value is -1.80. The number of ether oxygens (including phenoxy) is 2. The first-order valence-electron chi connectivity index (χ1n) is 18.0. The lowest BCUT2D eigenvalue weighted by molar-refractivity contribution is -0.161. The van der Waals surface area contributed by atoms with E-state index >= 15 is 0 Å². The summed E-state index contributed by atoms with van der Waals surface area (Å²) in [5, 5.41) is 0. The molecule has 0 fully saturated rings. The molecule has 0 heterocycles. The molecule has 2 N–H and O–H groups in total. The summed E-state index contributed by atoms with van der Waals surface area (Å²) in [6, 6.07) is 0. The topological polar surface area (TPSA) is 136 Å². The second kappa shape index (κ2) is 30.5. The zero-order chi connectivity index (χ0) is 34.3. The standard InChI is InChI=1S/C36H65O9P/c1-4-6-7-8-11-16-21-26-33(37)27-22-17-14-19-24-29-36(39)45-34(31-44-46(40,41)42)30-43-35(38)28-23-18-13-10-9-12-15-20-25-32(3)5-2/h11,16,21,26,32,34H,4-10,12-15,17-20,22-25,27-31H2,1-3H3,(H2,40,41,42)/b16-11-,26-21+/t32?,34-/m1/s1. The number of phosphoric ester groups is 1. The molecule has 0 aliphatic rings. The van der Waals surface area contributed by atoms with E-state index in [0.29, 0.717) is 19.3 Å². The van der Waals surface area contributed by atoms with Crippen molar-refractivity contribution in [3.8, 4) is 0 Å². The Labute approximate surface area is 279 Å². The van der Waals surface area contributed by atoms with Gasteiger partial charge in [0.1, 0.15) is 6.61 Å². The van der Waals surface area contributed by atoms with E-state index in [1.54, 1.807) is 12.2 Å². The molecule has 0 spiro atoms. The second-order valence-corrected chi connectivity index (χ2v) is 13.7. The Morgan fingerprint density at radius 2 is 1.26 bits per heavy atom. The molecule has 0 amide bonds. The number of hydrogen-bond donors (Lipinski definition) is 2. The molecule has 0 aliphatic carbocycles. The van der Waals surface area contributed by atoms with Crippen LogP contribution in [0.3, 0.4) is 0 Å². The largest absolute Gasteiger partial charge is 0.469 e. The maximum atomic E-state index is 12.3. The number of phosphoric acid groups is 1. The molecule has 0 aromatic heterocycles. The Kier molecular flexibility index (Phi) is 29.3. The normalized spacial score (nSPS) is 13.3. The molecule has 0 aliphatic heterocycles. The van der Waals surface area contributed by atoms with Crippen molar-refractivity contribution >= 4 is 25.5 Å². The van der Waals surface area contributed by atoms with Crippen LogP contribution in [0.25, 0.3) is 0 Å². The molecule has 0 saturated carbocycles. The number of ketones is 1. The van der Waals surface area contributed by atoms with Crippen LogP contribution in [-0.4, -0.2) is 46.8 Å². The zero-order valence-electron chi connectivity index (χ0n) is 29.1. The Bertz CT molecular complexity index is 881. The van der Waals surface area contributed by atoms with Crippen molar-refractivity contribution in [2.75, 3.05) is 13.2 Å². The number of carbonyl (C=O) groups excluding carboxylic acids is 3. The van der Waals surface area contributed by atoms with E-state index in [9.17, 15) is 18.9 Å². The van der Waals surface area contributed by atoms with Gasteiger partial charge in [0.25, 0.3) is 0 Å². The summed E-state index contributed by atoms with van der Waals surface area (Å²) in [5.41, 5.74) is 0. The van der Waals surface area contributed by atoms with Crippen LogP contribution >= 0.6 is 7.82 Å². The molecule has 0 saturated heterocycles. The smallest absolute Gasteiger partial charge is 0.462 e. The maximum Gasteiger partial charge on any atom is 0.469 e. The highest BCUT2D eigenvalue weighted by Crippen LogP contribution is 2.36. The minimum Gasteiger partial charge on any atom is -0.462 e. The number of esters is 2. The van der Waals surface area contributed by atoms with Crippen LogP contribution in [0, 0.1) is 5.92 Å². The molecule has 0 aromatic carbocycles. The minimum absolute atomic E-state index is 0.111. The first kappa shape index (κ1) is 44.2. The quantitative estimate of drug-likeness (QED) is 0.0235. The van der Waals surface area contributed by atoms with Crippen LogP contribution in [0.4, 0.5) is 0 Å². The Balaban J connectivity index is 4.10. The lowest BCUT2D eigenvalue weighted by atomic mass is 9.99. The highest BCUT2D eigenvalue weighted by atomic mass is 31.2. The van der Waals surface area contributed by atoms with Gasteiger partial charge in [0.15, 0.2) is 11.9 Å². The lowest BCUT2D eigenvalue weighted by Crippen LogP contribution is -2.29. The van der Waals surface area contributed by atoms with E-state index in [0.717, 1.165) is 57.3 Å². The van der Waals surface area contributed by atoms with Gasteiger partial charge in [-0.1, -0.05) is 129 Å². The summed E-state index contributed by atoms with van der Waals surface area (Å²) in [6.07, 6.45) is 27.3. The van der Waals surface area contributed by atoms with Gasteiger partial charge in [0, 0.05) is 19.3 Å². The summed E-state index contributed by atoms with van der Waals surface area (Å²) < 4.78 is 26.2. The van der Waals surface area contributed by atoms with Crippen LogP contribution in [-0.2, 0) is 32.9 Å². The molecular formula is C36H65O9P. The van der Waals surface area contributed by atoms with Gasteiger partial charge in [-0.15, -0.1) is 0 Å². The van der Waals surface area contributed by atoms with Gasteiger partial charge in [-0.05, 0) is 44.1 Å². The van der Waals surface area contributed by atoms with Gasteiger partial charge >= 0.3 is 19.8 Å². The van der Waals surface area contributed by atoms with Gasteiger partial charge < -0.3 is 19.3 Å². The molecule has 0 radical (unpaired) electrons. The number of carbonyl (C=O) groups is 3. The molecule has 0 aromatic rings. The van der Waals surface area contributed by atoms with Crippen molar-refractivity contribution in [3.05, 3.63) is 24.3 Å². The lowest BCUT2D eigenvalue weighted by Gasteiger charge is -2.18. The molecule has 10 heteroatoms. The SMILES string of the molecule is CCCCC/C=C\C=C\C(=O)CCCCCCCC(=O)O[C@H](COC(=O)CCCCCCCCCCC(C)CC)COP(=O)(O)O. The zero-order valence-corrected chi connectivity index (χ0v) is 30.0. The Morgan fingerprint density at radius 1 is 0.696 bits per heavy atom. The molecule has 46 heavy (non-hydrogen) atoms. The minimum atomic E-state index is -4.78. The second-order valence-electron chi connectivity index (χ2n) is 12.5. The van der Waals surface area contributed by atoms with Crippen LogP contribution in [0.2, 0.25) is 0 Å². The monoisotopic (exact) mass is 672 g/mol. The van der Waals surface area contributed by atoms with Crippen LogP contribution in [0.1, 0.15) is 162 Å². The fraction of sp³-hybridized carbons (Fsp3) is 0.806. The highest BCUT2D eigenvalue weighted by Gasteiger charge is 2.22. The van der Waals surface area contributed by atoms with E-state index in [1.165, 1.54) is 57.8 Å². The third kappa shape index (κ3) is 32.2. The maximum absolute atomic E-state index is 12.3. The van der Waals surface area contributed by atoms with Gasteiger partial charge in [-0.2, -0.15) is 0 Å². The first-order chi connectivity index (χ1) is 22.1. The average molecular weight is 673 g/mol. The molecular weight excluding hydrogens is 607 g/mol. The number of unbranched alkanes of at least 4 members (excludes halogenated alkanes) is 14. The van der Waals surface area contributed by atoms with Gasteiger partial charge in [-0.25, -0.2) is 4.57 Å². The summed E-state index contributed by atoms with van der Waals surface area (Å²) >= 11 is 0. The Morgan fingerprint density at radius 3 is 1.85 bits per heavy atom. The summed E-state index contributed by atoms with van der Waals surface area (Å²) in [4.78, 5) is 54.5. The molecule has 9 nitrogen and oxygen atoms in total. The molecule has 0 bridgehead atoms. The molecule has 1 unspecified atom stereocenters. The molecule has 268 valence electrons. The van der Waals surface area contributed by atoms with Crippen molar-refractivity contribution < 1.29 is 42.7 Å². The van der Waals surface area contributed by atoms with Crippen molar-refractivity contribution in [2.24, 2.45) is 5.92 Å². The van der Waals surface area contributed by atoms with Gasteiger partial charge in [-0.3, -0.25) is 18.9 Å². The van der Waals surface area contributed by atoms with E-state index in [4.69, 9.17) is 19.3 Å². The van der Waals surface area contributed by atoms with Crippen molar-refractivity contribution in [1.82, 2.24) is 0 Å². The van der Waals surface area contributed by atoms with Crippen molar-refractivity contribution in [3.63, 3.8) is 0 Å². The van der Waals surface area contributed by atoms with Crippen molar-refractivity contribution in [2.45, 2.75) is 168 Å². The highest BCUT2D eigenvalue weighted by molar-refractivity contribution is 7.46. The van der Waals surface area contributed by atoms with Gasteiger partial charge in [0.2, 0.25) is 0 Å². The first-order valence-corrected chi connectivity index (χ1v) is 19.5. The van der Waals surface area contributed by atoms with Crippen LogP contribution in [0.15, 0.2) is 24.3 Å². The fourth-order valence-electron chi connectivity index (χ4n) is 4.86. The average Bonchev–Trinajstić information content (AvgIpc) is 3.01. The summed E-state index contributed by atoms with van der Waals surface area (Å²) in [5.74, 6) is -0.0508. The summed E-state index contributed by atoms with van der Waals surface area (Å²) in [6.45, 7) is 5.82. The predicted octanol–water partition coefficient (Wildman–Crippen LogP) is 9.49. The summed E-state index contributed by atoms with van der Waals surface area (Å²) in [7, 11) is -4.78. The third-order valence-electron chi connectivity index (χ3n) is 7.99. The van der Waals surface area contributed by atoms with Crippen LogP contribution in [0.5, 0.6) is 0 Å². The molecule has 2 atom stereocenters. The third-order valence-corrected chi connectivity index (χ3v) is 8.47. The van der Waals surface area contributed by atoms with Gasteiger partial charge in [0.05, 0.1) is 6.61 Å². The molecule has 0 rings (SSSR count). The number of allylic oxidation sites excluding steroid dienone is 4.